The number of piperidine rings is 1. The normalized spacial score (nSPS) is 14.9. The van der Waals surface area contributed by atoms with Crippen LogP contribution in [-0.4, -0.2) is 26.1 Å². The molecule has 0 amide bonds. The molecule has 0 unspecified atom stereocenters. The van der Waals surface area contributed by atoms with Crippen LogP contribution in [0.3, 0.4) is 0 Å². The highest BCUT2D eigenvalue weighted by molar-refractivity contribution is 7.91. The molecule has 0 aliphatic carbocycles. The van der Waals surface area contributed by atoms with E-state index in [4.69, 9.17) is 11.6 Å². The summed E-state index contributed by atoms with van der Waals surface area (Å²) < 4.78 is 43.3. The van der Waals surface area contributed by atoms with Crippen LogP contribution in [0.5, 0.6) is 0 Å². The van der Waals surface area contributed by atoms with E-state index in [0.29, 0.717) is 17.7 Å². The number of halogens is 2. The summed E-state index contributed by atoms with van der Waals surface area (Å²) in [5.74, 6) is -0.508. The summed E-state index contributed by atoms with van der Waals surface area (Å²) in [5.41, 5.74) is 0.298. The molecule has 0 atom stereocenters. The Morgan fingerprint density at radius 2 is 1.84 bits per heavy atom. The second-order valence-corrected chi connectivity index (χ2v) is 10.2. The van der Waals surface area contributed by atoms with Crippen molar-refractivity contribution in [2.45, 2.75) is 48.9 Å². The van der Waals surface area contributed by atoms with E-state index in [1.165, 1.54) is 30.5 Å². The highest BCUT2D eigenvalue weighted by Crippen LogP contribution is 2.29. The third kappa shape index (κ3) is 4.08. The maximum absolute atomic E-state index is 15.0. The SMILES string of the molecule is CCCn1cc(S(=O)(=O)c2cccc(Cl)c2)c(=O)c2cc(F)c(N3CCCCC3)cc21. The van der Waals surface area contributed by atoms with Crippen molar-refractivity contribution in [3.63, 3.8) is 0 Å². The molecule has 0 radical (unpaired) electrons. The number of nitrogens with zero attached hydrogens (tertiary/aromatic N) is 2. The van der Waals surface area contributed by atoms with Gasteiger partial charge in [-0.05, 0) is 56.0 Å². The number of pyridine rings is 1. The fourth-order valence-corrected chi connectivity index (χ4v) is 5.80. The van der Waals surface area contributed by atoms with Crippen LogP contribution < -0.4 is 10.3 Å². The lowest BCUT2D eigenvalue weighted by atomic mass is 10.1. The van der Waals surface area contributed by atoms with E-state index in [1.54, 1.807) is 16.7 Å². The Hall–Kier alpha value is -2.38. The number of anilines is 1. The Morgan fingerprint density at radius 1 is 1.10 bits per heavy atom. The first-order chi connectivity index (χ1) is 14.8. The first-order valence-corrected chi connectivity index (χ1v) is 12.3. The van der Waals surface area contributed by atoms with Crippen molar-refractivity contribution >= 4 is 38.0 Å². The van der Waals surface area contributed by atoms with Crippen LogP contribution in [0.2, 0.25) is 5.02 Å². The van der Waals surface area contributed by atoms with Crippen molar-refractivity contribution < 1.29 is 12.8 Å². The van der Waals surface area contributed by atoms with Crippen LogP contribution in [0.15, 0.2) is 57.2 Å². The molecule has 1 aliphatic rings. The molecule has 0 N–H and O–H groups in total. The van der Waals surface area contributed by atoms with Crippen molar-refractivity contribution in [2.75, 3.05) is 18.0 Å². The van der Waals surface area contributed by atoms with Gasteiger partial charge in [0.05, 0.1) is 21.5 Å². The molecule has 164 valence electrons. The van der Waals surface area contributed by atoms with E-state index in [0.717, 1.165) is 38.8 Å². The molecular formula is C23H24ClFN2O3S. The van der Waals surface area contributed by atoms with E-state index in [2.05, 4.69) is 0 Å². The number of fused-ring (bicyclic) bond motifs is 1. The van der Waals surface area contributed by atoms with Gasteiger partial charge in [0.1, 0.15) is 10.7 Å². The maximum atomic E-state index is 15.0. The minimum atomic E-state index is -4.12. The smallest absolute Gasteiger partial charge is 0.211 e. The largest absolute Gasteiger partial charge is 0.369 e. The van der Waals surface area contributed by atoms with Crippen LogP contribution in [0, 0.1) is 5.82 Å². The van der Waals surface area contributed by atoms with Crippen molar-refractivity contribution in [1.82, 2.24) is 4.57 Å². The van der Waals surface area contributed by atoms with Crippen LogP contribution >= 0.6 is 11.6 Å². The molecule has 4 rings (SSSR count). The van der Waals surface area contributed by atoms with Gasteiger partial charge in [0.2, 0.25) is 15.3 Å². The number of aromatic nitrogens is 1. The van der Waals surface area contributed by atoms with Crippen LogP contribution in [0.25, 0.3) is 10.9 Å². The Labute approximate surface area is 186 Å². The van der Waals surface area contributed by atoms with Crippen LogP contribution in [-0.2, 0) is 16.4 Å². The zero-order valence-electron chi connectivity index (χ0n) is 17.3. The summed E-state index contributed by atoms with van der Waals surface area (Å²) >= 11 is 5.96. The Kier molecular flexibility index (Phi) is 6.08. The number of aryl methyl sites for hydroxylation is 1. The van der Waals surface area contributed by atoms with E-state index < -0.39 is 21.1 Å². The predicted octanol–water partition coefficient (Wildman–Crippen LogP) is 5.03. The van der Waals surface area contributed by atoms with Gasteiger partial charge in [-0.25, -0.2) is 12.8 Å². The molecule has 8 heteroatoms. The van der Waals surface area contributed by atoms with Gasteiger partial charge in [-0.2, -0.15) is 0 Å². The highest BCUT2D eigenvalue weighted by Gasteiger charge is 2.25. The minimum absolute atomic E-state index is 0.0646. The van der Waals surface area contributed by atoms with E-state index in [1.807, 2.05) is 11.8 Å². The lowest BCUT2D eigenvalue weighted by Gasteiger charge is -2.29. The molecule has 0 bridgehead atoms. The lowest BCUT2D eigenvalue weighted by molar-refractivity contribution is 0.557. The molecule has 1 aromatic heterocycles. The second-order valence-electron chi connectivity index (χ2n) is 7.85. The monoisotopic (exact) mass is 462 g/mol. The first-order valence-electron chi connectivity index (χ1n) is 10.4. The zero-order valence-corrected chi connectivity index (χ0v) is 18.8. The number of benzene rings is 2. The summed E-state index contributed by atoms with van der Waals surface area (Å²) in [7, 11) is -4.12. The minimum Gasteiger partial charge on any atom is -0.369 e. The average molecular weight is 463 g/mol. The van der Waals surface area contributed by atoms with Gasteiger partial charge in [0.25, 0.3) is 0 Å². The number of sulfone groups is 1. The van der Waals surface area contributed by atoms with Crippen LogP contribution in [0.4, 0.5) is 10.1 Å². The topological polar surface area (TPSA) is 59.4 Å². The molecule has 0 saturated carbocycles. The Balaban J connectivity index is 1.95. The maximum Gasteiger partial charge on any atom is 0.211 e. The van der Waals surface area contributed by atoms with E-state index >= 15 is 4.39 Å². The summed E-state index contributed by atoms with van der Waals surface area (Å²) in [4.78, 5) is 14.8. The van der Waals surface area contributed by atoms with Crippen molar-refractivity contribution in [2.24, 2.45) is 0 Å². The molecule has 0 spiro atoms. The molecule has 2 aromatic carbocycles. The van der Waals surface area contributed by atoms with E-state index in [-0.39, 0.29) is 20.2 Å². The molecule has 1 fully saturated rings. The highest BCUT2D eigenvalue weighted by atomic mass is 35.5. The summed E-state index contributed by atoms with van der Waals surface area (Å²) in [6.45, 7) is 3.99. The quantitative estimate of drug-likeness (QED) is 0.533. The predicted molar refractivity (Wildman–Crippen MR) is 121 cm³/mol. The third-order valence-corrected chi connectivity index (χ3v) is 7.65. The molecule has 1 aliphatic heterocycles. The van der Waals surface area contributed by atoms with Crippen molar-refractivity contribution in [3.05, 3.63) is 63.7 Å². The number of hydrogen-bond acceptors (Lipinski definition) is 4. The first kappa shape index (κ1) is 21.8. The molecule has 3 aromatic rings. The summed E-state index contributed by atoms with van der Waals surface area (Å²) in [6, 6.07) is 8.66. The average Bonchev–Trinajstić information content (AvgIpc) is 2.76. The van der Waals surface area contributed by atoms with Gasteiger partial charge in [-0.3, -0.25) is 4.79 Å². The van der Waals surface area contributed by atoms with Gasteiger partial charge < -0.3 is 9.47 Å². The molecule has 5 nitrogen and oxygen atoms in total. The fourth-order valence-electron chi connectivity index (χ4n) is 4.13. The van der Waals surface area contributed by atoms with Crippen molar-refractivity contribution in [1.29, 1.82) is 0 Å². The number of hydrogen-bond donors (Lipinski definition) is 0. The van der Waals surface area contributed by atoms with Crippen molar-refractivity contribution in [3.8, 4) is 0 Å². The second kappa shape index (κ2) is 8.63. The Bertz CT molecular complexity index is 1300. The van der Waals surface area contributed by atoms with Gasteiger partial charge in [-0.15, -0.1) is 0 Å². The van der Waals surface area contributed by atoms with E-state index in [9.17, 15) is 13.2 Å². The van der Waals surface area contributed by atoms with Gasteiger partial charge in [0, 0.05) is 30.9 Å². The number of rotatable bonds is 5. The van der Waals surface area contributed by atoms with Crippen LogP contribution in [0.1, 0.15) is 32.6 Å². The summed E-state index contributed by atoms with van der Waals surface area (Å²) in [6.07, 6.45) is 5.22. The summed E-state index contributed by atoms with van der Waals surface area (Å²) in [5, 5.41) is 0.322. The molecule has 2 heterocycles. The third-order valence-electron chi connectivity index (χ3n) is 5.67. The lowest BCUT2D eigenvalue weighted by Crippen LogP contribution is -2.30. The molecule has 31 heavy (non-hydrogen) atoms. The molecular weight excluding hydrogens is 439 g/mol. The standard InChI is InChI=1S/C23H24ClFN2O3S/c1-2-9-27-15-22(31(29,30)17-8-6-7-16(24)12-17)23(28)18-13-19(25)21(14-20(18)27)26-10-4-3-5-11-26/h6-8,12-15H,2-5,9-11H2,1H3. The Morgan fingerprint density at radius 3 is 2.52 bits per heavy atom. The fraction of sp³-hybridized carbons (Fsp3) is 0.348. The van der Waals surface area contributed by atoms with Gasteiger partial charge in [-0.1, -0.05) is 24.6 Å². The van der Waals surface area contributed by atoms with Gasteiger partial charge >= 0.3 is 0 Å². The van der Waals surface area contributed by atoms with Gasteiger partial charge in [0.15, 0.2) is 0 Å². The zero-order chi connectivity index (χ0) is 22.2. The molecule has 1 saturated heterocycles.